The summed E-state index contributed by atoms with van der Waals surface area (Å²) in [7, 11) is 1.72. The van der Waals surface area contributed by atoms with Crippen LogP contribution < -0.4 is 5.32 Å². The standard InChI is InChI=1S/C15H15ClN6O/c1-10-7-13(21(2)19-10)14(23)18-15-17-9-22(20-15)8-11-3-5-12(16)6-4-11/h3-7,9H,8H2,1-2H3,(H,18,20,23). The van der Waals surface area contributed by atoms with Crippen LogP contribution >= 0.6 is 11.6 Å². The van der Waals surface area contributed by atoms with Gasteiger partial charge in [0.2, 0.25) is 5.95 Å². The lowest BCUT2D eigenvalue weighted by molar-refractivity contribution is 0.101. The summed E-state index contributed by atoms with van der Waals surface area (Å²) in [6, 6.07) is 9.18. The van der Waals surface area contributed by atoms with Gasteiger partial charge in [-0.3, -0.25) is 14.8 Å². The number of hydrogen-bond donors (Lipinski definition) is 1. The van der Waals surface area contributed by atoms with E-state index in [2.05, 4.69) is 20.5 Å². The lowest BCUT2D eigenvalue weighted by Crippen LogP contribution is -2.17. The van der Waals surface area contributed by atoms with E-state index < -0.39 is 0 Å². The molecule has 3 rings (SSSR count). The first-order valence-corrected chi connectivity index (χ1v) is 7.35. The van der Waals surface area contributed by atoms with E-state index >= 15 is 0 Å². The number of amides is 1. The molecule has 1 amide bonds. The number of benzene rings is 1. The summed E-state index contributed by atoms with van der Waals surface area (Å²) in [5, 5.41) is 11.7. The second-order valence-electron chi connectivity index (χ2n) is 5.14. The molecule has 0 spiro atoms. The van der Waals surface area contributed by atoms with Crippen LogP contribution in [0.2, 0.25) is 5.02 Å². The van der Waals surface area contributed by atoms with Crippen molar-refractivity contribution in [1.29, 1.82) is 0 Å². The fourth-order valence-corrected chi connectivity index (χ4v) is 2.32. The number of anilines is 1. The van der Waals surface area contributed by atoms with Crippen molar-refractivity contribution in [3.05, 3.63) is 58.6 Å². The SMILES string of the molecule is Cc1cc(C(=O)Nc2ncn(Cc3ccc(Cl)cc3)n2)n(C)n1. The quantitative estimate of drug-likeness (QED) is 0.796. The molecule has 0 saturated heterocycles. The van der Waals surface area contributed by atoms with E-state index in [4.69, 9.17) is 11.6 Å². The molecule has 8 heteroatoms. The lowest BCUT2D eigenvalue weighted by atomic mass is 10.2. The molecule has 0 bridgehead atoms. The van der Waals surface area contributed by atoms with Gasteiger partial charge in [0.05, 0.1) is 12.2 Å². The van der Waals surface area contributed by atoms with E-state index in [9.17, 15) is 4.79 Å². The predicted molar refractivity (Wildman–Crippen MR) is 86.5 cm³/mol. The number of halogens is 1. The van der Waals surface area contributed by atoms with Crippen LogP contribution in [0.1, 0.15) is 21.7 Å². The van der Waals surface area contributed by atoms with Crippen molar-refractivity contribution in [1.82, 2.24) is 24.5 Å². The molecule has 7 nitrogen and oxygen atoms in total. The number of nitrogens with one attached hydrogen (secondary N) is 1. The van der Waals surface area contributed by atoms with E-state index in [1.165, 1.54) is 4.68 Å². The summed E-state index contributed by atoms with van der Waals surface area (Å²) in [5.74, 6) is -0.0415. The van der Waals surface area contributed by atoms with Gasteiger partial charge in [0.15, 0.2) is 0 Å². The van der Waals surface area contributed by atoms with Crippen LogP contribution in [0.4, 0.5) is 5.95 Å². The molecule has 1 N–H and O–H groups in total. The molecule has 0 atom stereocenters. The Labute approximate surface area is 137 Å². The van der Waals surface area contributed by atoms with Gasteiger partial charge in [-0.05, 0) is 30.7 Å². The summed E-state index contributed by atoms with van der Waals surface area (Å²) in [5.41, 5.74) is 2.27. The van der Waals surface area contributed by atoms with Gasteiger partial charge in [0.1, 0.15) is 12.0 Å². The molecule has 3 aromatic rings. The maximum atomic E-state index is 12.2. The molecule has 0 radical (unpaired) electrons. The number of carbonyl (C=O) groups is 1. The molecule has 0 saturated carbocycles. The molecule has 1 aromatic carbocycles. The first-order valence-electron chi connectivity index (χ1n) is 6.97. The molecule has 0 aliphatic heterocycles. The van der Waals surface area contributed by atoms with E-state index in [1.807, 2.05) is 31.2 Å². The zero-order valence-corrected chi connectivity index (χ0v) is 13.4. The van der Waals surface area contributed by atoms with Crippen molar-refractivity contribution < 1.29 is 4.79 Å². The molecule has 118 valence electrons. The van der Waals surface area contributed by atoms with Crippen molar-refractivity contribution in [2.45, 2.75) is 13.5 Å². The number of nitrogens with zero attached hydrogens (tertiary/aromatic N) is 5. The van der Waals surface area contributed by atoms with Crippen molar-refractivity contribution in [2.24, 2.45) is 7.05 Å². The highest BCUT2D eigenvalue weighted by molar-refractivity contribution is 6.30. The fourth-order valence-electron chi connectivity index (χ4n) is 2.19. The number of carbonyl (C=O) groups excluding carboxylic acids is 1. The average molecular weight is 331 g/mol. The van der Waals surface area contributed by atoms with Crippen LogP contribution in [-0.4, -0.2) is 30.5 Å². The fraction of sp³-hybridized carbons (Fsp3) is 0.200. The molecule has 2 aromatic heterocycles. The van der Waals surface area contributed by atoms with Gasteiger partial charge in [-0.15, -0.1) is 5.10 Å². The molecule has 0 aliphatic rings. The van der Waals surface area contributed by atoms with Crippen molar-refractivity contribution in [3.8, 4) is 0 Å². The second-order valence-corrected chi connectivity index (χ2v) is 5.58. The average Bonchev–Trinajstić information content (AvgIpc) is 3.07. The second kappa shape index (κ2) is 6.21. The predicted octanol–water partition coefficient (Wildman–Crippen LogP) is 2.27. The smallest absolute Gasteiger partial charge is 0.276 e. The van der Waals surface area contributed by atoms with Crippen molar-refractivity contribution >= 4 is 23.5 Å². The van der Waals surface area contributed by atoms with Crippen LogP contribution in [0.3, 0.4) is 0 Å². The molecular weight excluding hydrogens is 316 g/mol. The topological polar surface area (TPSA) is 77.6 Å². The zero-order chi connectivity index (χ0) is 16.4. The van der Waals surface area contributed by atoms with Gasteiger partial charge in [-0.25, -0.2) is 9.67 Å². The van der Waals surface area contributed by atoms with Gasteiger partial charge in [0, 0.05) is 12.1 Å². The maximum absolute atomic E-state index is 12.2. The minimum atomic E-state index is -0.294. The third-order valence-corrected chi connectivity index (χ3v) is 3.51. The number of hydrogen-bond acceptors (Lipinski definition) is 4. The van der Waals surface area contributed by atoms with E-state index in [-0.39, 0.29) is 11.9 Å². The Morgan fingerprint density at radius 2 is 2.00 bits per heavy atom. The third kappa shape index (κ3) is 3.57. The van der Waals surface area contributed by atoms with Crippen molar-refractivity contribution in [2.75, 3.05) is 5.32 Å². The van der Waals surface area contributed by atoms with Crippen LogP contribution in [0.5, 0.6) is 0 Å². The van der Waals surface area contributed by atoms with E-state index in [1.54, 1.807) is 24.1 Å². The summed E-state index contributed by atoms with van der Waals surface area (Å²) in [6.45, 7) is 2.38. The lowest BCUT2D eigenvalue weighted by Gasteiger charge is -2.02. The Kier molecular flexibility index (Phi) is 4.12. The Balaban J connectivity index is 1.68. The maximum Gasteiger partial charge on any atom is 0.276 e. The third-order valence-electron chi connectivity index (χ3n) is 3.25. The van der Waals surface area contributed by atoms with Gasteiger partial charge < -0.3 is 0 Å². The van der Waals surface area contributed by atoms with Crippen molar-refractivity contribution in [3.63, 3.8) is 0 Å². The number of rotatable bonds is 4. The van der Waals surface area contributed by atoms with Crippen LogP contribution in [0.25, 0.3) is 0 Å². The highest BCUT2D eigenvalue weighted by Crippen LogP contribution is 2.11. The van der Waals surface area contributed by atoms with Crippen LogP contribution in [0, 0.1) is 6.92 Å². The summed E-state index contributed by atoms with van der Waals surface area (Å²) in [6.07, 6.45) is 1.57. The highest BCUT2D eigenvalue weighted by Gasteiger charge is 2.14. The minimum Gasteiger partial charge on any atom is -0.288 e. The van der Waals surface area contributed by atoms with Gasteiger partial charge in [-0.2, -0.15) is 5.10 Å². The Morgan fingerprint density at radius 1 is 1.26 bits per heavy atom. The van der Waals surface area contributed by atoms with E-state index in [0.29, 0.717) is 17.3 Å². The van der Waals surface area contributed by atoms with Gasteiger partial charge in [-0.1, -0.05) is 23.7 Å². The molecule has 0 fully saturated rings. The normalized spacial score (nSPS) is 10.7. The molecular formula is C15H15ClN6O. The van der Waals surface area contributed by atoms with Crippen LogP contribution in [0.15, 0.2) is 36.7 Å². The van der Waals surface area contributed by atoms with E-state index in [0.717, 1.165) is 11.3 Å². The largest absolute Gasteiger partial charge is 0.288 e. The summed E-state index contributed by atoms with van der Waals surface area (Å²) in [4.78, 5) is 16.3. The molecule has 0 unspecified atom stereocenters. The Bertz CT molecular complexity index is 836. The molecule has 2 heterocycles. The number of aromatic nitrogens is 5. The first kappa shape index (κ1) is 15.2. The molecule has 0 aliphatic carbocycles. The molecule has 23 heavy (non-hydrogen) atoms. The van der Waals surface area contributed by atoms with Crippen LogP contribution in [-0.2, 0) is 13.6 Å². The summed E-state index contributed by atoms with van der Waals surface area (Å²) >= 11 is 5.86. The van der Waals surface area contributed by atoms with Gasteiger partial charge in [0.25, 0.3) is 5.91 Å². The Hall–Kier alpha value is -2.67. The Morgan fingerprint density at radius 3 is 2.65 bits per heavy atom. The number of aryl methyl sites for hydroxylation is 2. The first-order chi connectivity index (χ1) is 11.0. The van der Waals surface area contributed by atoms with Gasteiger partial charge >= 0.3 is 0 Å². The highest BCUT2D eigenvalue weighted by atomic mass is 35.5. The minimum absolute atomic E-state index is 0.253. The zero-order valence-electron chi connectivity index (χ0n) is 12.7. The summed E-state index contributed by atoms with van der Waals surface area (Å²) < 4.78 is 3.17. The monoisotopic (exact) mass is 330 g/mol.